The Kier molecular flexibility index (Phi) is 4.52. The molecule has 4 rings (SSSR count). The zero-order chi connectivity index (χ0) is 16.4. The van der Waals surface area contributed by atoms with Crippen LogP contribution >= 0.6 is 11.3 Å². The molecule has 24 heavy (non-hydrogen) atoms. The Morgan fingerprint density at radius 1 is 1.29 bits per heavy atom. The van der Waals surface area contributed by atoms with Crippen LogP contribution in [0, 0.1) is 0 Å². The summed E-state index contributed by atoms with van der Waals surface area (Å²) in [5.41, 5.74) is 2.79. The van der Waals surface area contributed by atoms with Crippen molar-refractivity contribution in [3.63, 3.8) is 0 Å². The van der Waals surface area contributed by atoms with Crippen molar-refractivity contribution >= 4 is 17.3 Å². The summed E-state index contributed by atoms with van der Waals surface area (Å²) in [5.74, 6) is 1.66. The molecule has 0 spiro atoms. The summed E-state index contributed by atoms with van der Waals surface area (Å²) in [7, 11) is 2.10. The summed E-state index contributed by atoms with van der Waals surface area (Å²) in [5, 5.41) is 4.65. The van der Waals surface area contributed by atoms with Crippen LogP contribution in [0.4, 0.5) is 0 Å². The molecule has 0 fully saturated rings. The van der Waals surface area contributed by atoms with Gasteiger partial charge in [0.15, 0.2) is 5.96 Å². The number of hydrogen-bond donors (Lipinski definition) is 1. The van der Waals surface area contributed by atoms with Crippen molar-refractivity contribution in [1.29, 1.82) is 0 Å². The molecule has 1 aromatic carbocycles. The first-order valence-electron chi connectivity index (χ1n) is 8.81. The van der Waals surface area contributed by atoms with E-state index in [0.717, 1.165) is 44.9 Å². The van der Waals surface area contributed by atoms with Crippen molar-refractivity contribution in [2.24, 2.45) is 4.99 Å². The molecule has 1 aromatic heterocycles. The number of guanidine groups is 1. The highest BCUT2D eigenvalue weighted by molar-refractivity contribution is 7.11. The second-order valence-electron chi connectivity index (χ2n) is 6.66. The Morgan fingerprint density at radius 2 is 2.17 bits per heavy atom. The number of benzene rings is 1. The average molecular weight is 340 g/mol. The minimum absolute atomic E-state index is 0.647. The van der Waals surface area contributed by atoms with Gasteiger partial charge in [0.05, 0.1) is 12.2 Å². The van der Waals surface area contributed by atoms with E-state index in [4.69, 9.17) is 4.98 Å². The maximum Gasteiger partial charge on any atom is 0.194 e. The number of hydrogen-bond acceptors (Lipinski definition) is 5. The highest BCUT2D eigenvalue weighted by atomic mass is 32.1. The van der Waals surface area contributed by atoms with Crippen LogP contribution in [0.1, 0.15) is 39.9 Å². The minimum atomic E-state index is 0.647. The van der Waals surface area contributed by atoms with Crippen molar-refractivity contribution in [2.45, 2.75) is 38.1 Å². The van der Waals surface area contributed by atoms with E-state index in [-0.39, 0.29) is 0 Å². The van der Waals surface area contributed by atoms with E-state index in [9.17, 15) is 0 Å². The van der Waals surface area contributed by atoms with E-state index in [1.807, 2.05) is 11.3 Å². The molecule has 0 amide bonds. The molecule has 0 radical (unpaired) electrons. The lowest BCUT2D eigenvalue weighted by atomic mass is 9.85. The SMILES string of the molecule is CN1CCCN=C1NCc1nc2c(s1)CC(c1ccccc1)CC2. The third kappa shape index (κ3) is 3.31. The topological polar surface area (TPSA) is 40.5 Å². The fraction of sp³-hybridized carbons (Fsp3) is 0.474. The summed E-state index contributed by atoms with van der Waals surface area (Å²) in [6.07, 6.45) is 4.60. The van der Waals surface area contributed by atoms with E-state index >= 15 is 0 Å². The lowest BCUT2D eigenvalue weighted by Gasteiger charge is -2.25. The van der Waals surface area contributed by atoms with E-state index < -0.39 is 0 Å². The van der Waals surface area contributed by atoms with Crippen molar-refractivity contribution in [3.8, 4) is 0 Å². The van der Waals surface area contributed by atoms with Gasteiger partial charge in [0.25, 0.3) is 0 Å². The Labute approximate surface area is 147 Å². The third-order valence-electron chi connectivity index (χ3n) is 4.93. The van der Waals surface area contributed by atoms with E-state index in [0.29, 0.717) is 5.92 Å². The molecule has 2 aliphatic rings. The van der Waals surface area contributed by atoms with Crippen LogP contribution in [-0.2, 0) is 19.4 Å². The van der Waals surface area contributed by atoms with E-state index in [2.05, 4.69) is 52.6 Å². The fourth-order valence-electron chi connectivity index (χ4n) is 3.58. The van der Waals surface area contributed by atoms with Gasteiger partial charge in [0, 0.05) is 25.0 Å². The van der Waals surface area contributed by atoms with Gasteiger partial charge in [-0.05, 0) is 37.2 Å². The number of fused-ring (bicyclic) bond motifs is 1. The monoisotopic (exact) mass is 340 g/mol. The van der Waals surface area contributed by atoms with Crippen LogP contribution in [0.25, 0.3) is 0 Å². The largest absolute Gasteiger partial charge is 0.350 e. The van der Waals surface area contributed by atoms with Gasteiger partial charge in [-0.1, -0.05) is 30.3 Å². The lowest BCUT2D eigenvalue weighted by molar-refractivity contribution is 0.446. The smallest absolute Gasteiger partial charge is 0.194 e. The molecule has 1 aliphatic carbocycles. The predicted molar refractivity (Wildman–Crippen MR) is 99.7 cm³/mol. The van der Waals surface area contributed by atoms with Crippen LogP contribution in [-0.4, -0.2) is 36.0 Å². The Balaban J connectivity index is 1.42. The summed E-state index contributed by atoms with van der Waals surface area (Å²) in [6.45, 7) is 2.80. The van der Waals surface area contributed by atoms with Gasteiger partial charge in [0.2, 0.25) is 0 Å². The van der Waals surface area contributed by atoms with Gasteiger partial charge in [-0.15, -0.1) is 11.3 Å². The summed E-state index contributed by atoms with van der Waals surface area (Å²) in [4.78, 5) is 13.1. The standard InChI is InChI=1S/C19H24N4S/c1-23-11-5-10-20-19(23)21-13-18-22-16-9-8-15(12-17(16)24-18)14-6-3-2-4-7-14/h2-4,6-7,15H,5,8-13H2,1H3,(H,20,21). The number of rotatable bonds is 3. The number of aromatic nitrogens is 1. The number of thiazole rings is 1. The fourth-order valence-corrected chi connectivity index (χ4v) is 4.71. The molecular weight excluding hydrogens is 316 g/mol. The van der Waals surface area contributed by atoms with Crippen LogP contribution < -0.4 is 5.32 Å². The van der Waals surface area contributed by atoms with Crippen molar-refractivity contribution in [2.75, 3.05) is 20.1 Å². The van der Waals surface area contributed by atoms with Crippen LogP contribution in [0.3, 0.4) is 0 Å². The number of nitrogens with one attached hydrogen (secondary N) is 1. The molecule has 126 valence electrons. The van der Waals surface area contributed by atoms with Crippen molar-refractivity contribution < 1.29 is 0 Å². The molecule has 4 nitrogen and oxygen atoms in total. The van der Waals surface area contributed by atoms with Gasteiger partial charge in [0.1, 0.15) is 5.01 Å². The average Bonchev–Trinajstić information content (AvgIpc) is 3.04. The molecule has 0 saturated carbocycles. The number of aryl methyl sites for hydroxylation is 1. The molecule has 0 bridgehead atoms. The van der Waals surface area contributed by atoms with Gasteiger partial charge in [-0.3, -0.25) is 4.99 Å². The maximum absolute atomic E-state index is 4.87. The molecule has 2 heterocycles. The van der Waals surface area contributed by atoms with Crippen molar-refractivity contribution in [1.82, 2.24) is 15.2 Å². The van der Waals surface area contributed by atoms with E-state index in [1.165, 1.54) is 27.6 Å². The molecule has 1 unspecified atom stereocenters. The summed E-state index contributed by atoms with van der Waals surface area (Å²) < 4.78 is 0. The molecule has 5 heteroatoms. The molecule has 1 atom stereocenters. The quantitative estimate of drug-likeness (QED) is 0.933. The Hall–Kier alpha value is -1.88. The van der Waals surface area contributed by atoms with Crippen molar-refractivity contribution in [3.05, 3.63) is 51.5 Å². The van der Waals surface area contributed by atoms with Gasteiger partial charge < -0.3 is 10.2 Å². The first-order chi connectivity index (χ1) is 11.8. The summed E-state index contributed by atoms with van der Waals surface area (Å²) in [6, 6.07) is 10.9. The zero-order valence-corrected chi connectivity index (χ0v) is 15.0. The zero-order valence-electron chi connectivity index (χ0n) is 14.2. The van der Waals surface area contributed by atoms with E-state index in [1.54, 1.807) is 0 Å². The number of aliphatic imine (C=N–C) groups is 1. The van der Waals surface area contributed by atoms with Gasteiger partial charge >= 0.3 is 0 Å². The first-order valence-corrected chi connectivity index (χ1v) is 9.63. The molecule has 1 N–H and O–H groups in total. The van der Waals surface area contributed by atoms with Crippen LogP contribution in [0.15, 0.2) is 35.3 Å². The van der Waals surface area contributed by atoms with Crippen LogP contribution in [0.5, 0.6) is 0 Å². The molecule has 2 aromatic rings. The van der Waals surface area contributed by atoms with Crippen LogP contribution in [0.2, 0.25) is 0 Å². The third-order valence-corrected chi connectivity index (χ3v) is 6.05. The predicted octanol–water partition coefficient (Wildman–Crippen LogP) is 3.20. The number of nitrogens with zero attached hydrogens (tertiary/aromatic N) is 3. The first kappa shape index (κ1) is 15.6. The molecular formula is C19H24N4S. The lowest BCUT2D eigenvalue weighted by Crippen LogP contribution is -2.41. The molecule has 1 aliphatic heterocycles. The Bertz CT molecular complexity index is 722. The van der Waals surface area contributed by atoms with Gasteiger partial charge in [-0.25, -0.2) is 4.98 Å². The highest BCUT2D eigenvalue weighted by Gasteiger charge is 2.23. The highest BCUT2D eigenvalue weighted by Crippen LogP contribution is 2.35. The minimum Gasteiger partial charge on any atom is -0.350 e. The second kappa shape index (κ2) is 6.93. The normalized spacial score (nSPS) is 20.5. The molecule has 0 saturated heterocycles. The maximum atomic E-state index is 4.87. The Morgan fingerprint density at radius 3 is 3.00 bits per heavy atom. The summed E-state index contributed by atoms with van der Waals surface area (Å²) >= 11 is 1.88. The second-order valence-corrected chi connectivity index (χ2v) is 7.83. The van der Waals surface area contributed by atoms with Gasteiger partial charge in [-0.2, -0.15) is 0 Å².